The maximum atomic E-state index is 11.5. The first kappa shape index (κ1) is 16.1. The molecule has 2 N–H and O–H groups in total. The Morgan fingerprint density at radius 3 is 2.67 bits per heavy atom. The van der Waals surface area contributed by atoms with Crippen LogP contribution >= 0.6 is 0 Å². The first-order valence-electron chi connectivity index (χ1n) is 7.66. The molecule has 0 spiro atoms. The van der Waals surface area contributed by atoms with Crippen molar-refractivity contribution in [3.63, 3.8) is 0 Å². The number of hydrogen-bond donors (Lipinski definition) is 2. The molecule has 3 aromatic rings. The summed E-state index contributed by atoms with van der Waals surface area (Å²) in [5.41, 5.74) is 4.09. The van der Waals surface area contributed by atoms with Gasteiger partial charge in [-0.05, 0) is 41.8 Å². The highest BCUT2D eigenvalue weighted by atomic mass is 16.5. The van der Waals surface area contributed by atoms with Crippen molar-refractivity contribution in [1.29, 1.82) is 0 Å². The predicted molar refractivity (Wildman–Crippen MR) is 92.6 cm³/mol. The summed E-state index contributed by atoms with van der Waals surface area (Å²) in [4.78, 5) is 11.5. The van der Waals surface area contributed by atoms with Gasteiger partial charge in [0, 0.05) is 30.8 Å². The number of rotatable bonds is 5. The van der Waals surface area contributed by atoms with Gasteiger partial charge in [-0.2, -0.15) is 0 Å². The molecule has 2 aromatic carbocycles. The summed E-state index contributed by atoms with van der Waals surface area (Å²) in [7, 11) is 1.62. The fourth-order valence-corrected chi connectivity index (χ4v) is 2.98. The van der Waals surface area contributed by atoms with Gasteiger partial charge in [-0.25, -0.2) is 4.79 Å². The number of aromatic nitrogens is 1. The Kier molecular flexibility index (Phi) is 4.27. The van der Waals surface area contributed by atoms with Gasteiger partial charge in [-0.1, -0.05) is 18.2 Å². The monoisotopic (exact) mass is 325 g/mol. The third kappa shape index (κ3) is 2.86. The number of phenols is 1. The summed E-state index contributed by atoms with van der Waals surface area (Å²) in [5, 5.41) is 19.7. The van der Waals surface area contributed by atoms with Crippen LogP contribution in [0.15, 0.2) is 42.6 Å². The van der Waals surface area contributed by atoms with E-state index in [0.29, 0.717) is 18.5 Å². The molecule has 0 saturated carbocycles. The second-order valence-electron chi connectivity index (χ2n) is 5.77. The molecule has 0 bridgehead atoms. The van der Waals surface area contributed by atoms with Crippen molar-refractivity contribution in [1.82, 2.24) is 4.57 Å². The molecule has 3 rings (SSSR count). The fourth-order valence-electron chi connectivity index (χ4n) is 2.98. The van der Waals surface area contributed by atoms with E-state index < -0.39 is 5.97 Å². The molecule has 5 heteroatoms. The second kappa shape index (κ2) is 6.37. The molecule has 0 unspecified atom stereocenters. The number of carbonyl (C=O) groups is 1. The Bertz CT molecular complexity index is 911. The van der Waals surface area contributed by atoms with Crippen molar-refractivity contribution < 1.29 is 19.7 Å². The van der Waals surface area contributed by atoms with Crippen LogP contribution in [0.3, 0.4) is 0 Å². The number of carboxylic acids is 1. The molecule has 0 amide bonds. The van der Waals surface area contributed by atoms with E-state index in [0.717, 1.165) is 22.2 Å². The number of methoxy groups -OCH3 is 1. The number of hydrogen-bond acceptors (Lipinski definition) is 3. The molecule has 124 valence electrons. The number of aromatic carboxylic acids is 1. The van der Waals surface area contributed by atoms with Gasteiger partial charge in [0.2, 0.25) is 0 Å². The van der Waals surface area contributed by atoms with E-state index in [1.807, 2.05) is 35.8 Å². The minimum atomic E-state index is -0.940. The van der Waals surface area contributed by atoms with Crippen LogP contribution in [-0.2, 0) is 11.3 Å². The SMILES string of the molecule is COCCn1cc(C(=O)O)c2ccc(-c3ccc(O)cc3C)cc21. The number of aryl methyl sites for hydroxylation is 1. The molecule has 0 aliphatic heterocycles. The summed E-state index contributed by atoms with van der Waals surface area (Å²) >= 11 is 0. The van der Waals surface area contributed by atoms with Gasteiger partial charge in [0.15, 0.2) is 0 Å². The standard InChI is InChI=1S/C19H19NO4/c1-12-9-14(21)4-6-15(12)13-3-5-16-17(19(22)23)11-20(7-8-24-2)18(16)10-13/h3-6,9-11,21H,7-8H2,1-2H3,(H,22,23). The van der Waals surface area contributed by atoms with Crippen molar-refractivity contribution in [2.24, 2.45) is 0 Å². The lowest BCUT2D eigenvalue weighted by atomic mass is 9.99. The van der Waals surface area contributed by atoms with E-state index >= 15 is 0 Å². The minimum absolute atomic E-state index is 0.231. The Labute approximate surface area is 139 Å². The van der Waals surface area contributed by atoms with Gasteiger partial charge in [-0.15, -0.1) is 0 Å². The maximum absolute atomic E-state index is 11.5. The lowest BCUT2D eigenvalue weighted by molar-refractivity contribution is 0.0698. The molecule has 5 nitrogen and oxygen atoms in total. The Balaban J connectivity index is 2.17. The number of nitrogens with zero attached hydrogens (tertiary/aromatic N) is 1. The van der Waals surface area contributed by atoms with Crippen LogP contribution in [0, 0.1) is 6.92 Å². The van der Waals surface area contributed by atoms with Crippen molar-refractivity contribution in [2.75, 3.05) is 13.7 Å². The van der Waals surface area contributed by atoms with E-state index in [1.165, 1.54) is 0 Å². The third-order valence-corrected chi connectivity index (χ3v) is 4.17. The molecule has 0 radical (unpaired) electrons. The molecule has 1 heterocycles. The smallest absolute Gasteiger partial charge is 0.337 e. The van der Waals surface area contributed by atoms with Gasteiger partial charge >= 0.3 is 5.97 Å². The van der Waals surface area contributed by atoms with Crippen LogP contribution in [0.2, 0.25) is 0 Å². The number of carboxylic acid groups (broad SMARTS) is 1. The number of fused-ring (bicyclic) bond motifs is 1. The van der Waals surface area contributed by atoms with E-state index in [9.17, 15) is 15.0 Å². The van der Waals surface area contributed by atoms with Crippen LogP contribution in [0.25, 0.3) is 22.0 Å². The molecule has 1 aromatic heterocycles. The predicted octanol–water partition coefficient (Wildman–Crippen LogP) is 3.67. The van der Waals surface area contributed by atoms with Crippen molar-refractivity contribution in [3.8, 4) is 16.9 Å². The van der Waals surface area contributed by atoms with E-state index in [1.54, 1.807) is 25.4 Å². The maximum Gasteiger partial charge on any atom is 0.337 e. The third-order valence-electron chi connectivity index (χ3n) is 4.17. The summed E-state index contributed by atoms with van der Waals surface area (Å²) in [6, 6.07) is 11.0. The summed E-state index contributed by atoms with van der Waals surface area (Å²) < 4.78 is 7.02. The molecule has 24 heavy (non-hydrogen) atoms. The Hall–Kier alpha value is -2.79. The van der Waals surface area contributed by atoms with Crippen molar-refractivity contribution in [3.05, 3.63) is 53.7 Å². The quantitative estimate of drug-likeness (QED) is 0.751. The minimum Gasteiger partial charge on any atom is -0.508 e. The summed E-state index contributed by atoms with van der Waals surface area (Å²) in [6.45, 7) is 3.02. The van der Waals surface area contributed by atoms with Gasteiger partial charge in [0.1, 0.15) is 5.75 Å². The fraction of sp³-hybridized carbons (Fsp3) is 0.211. The second-order valence-corrected chi connectivity index (χ2v) is 5.77. The van der Waals surface area contributed by atoms with E-state index in [-0.39, 0.29) is 11.3 Å². The zero-order valence-corrected chi connectivity index (χ0v) is 13.6. The van der Waals surface area contributed by atoms with Crippen LogP contribution < -0.4 is 0 Å². The molecule has 0 atom stereocenters. The van der Waals surface area contributed by atoms with Crippen LogP contribution in [0.5, 0.6) is 5.75 Å². The highest BCUT2D eigenvalue weighted by Gasteiger charge is 2.15. The summed E-state index contributed by atoms with van der Waals surface area (Å²) in [6.07, 6.45) is 1.65. The van der Waals surface area contributed by atoms with Crippen LogP contribution in [-0.4, -0.2) is 34.5 Å². The number of ether oxygens (including phenoxy) is 1. The van der Waals surface area contributed by atoms with Gasteiger partial charge in [-0.3, -0.25) is 0 Å². The van der Waals surface area contributed by atoms with Gasteiger partial charge in [0.05, 0.1) is 12.2 Å². The molecule has 0 aliphatic rings. The molecule has 0 saturated heterocycles. The zero-order chi connectivity index (χ0) is 17.3. The van der Waals surface area contributed by atoms with Crippen molar-refractivity contribution in [2.45, 2.75) is 13.5 Å². The van der Waals surface area contributed by atoms with E-state index in [4.69, 9.17) is 4.74 Å². The Morgan fingerprint density at radius 2 is 2.00 bits per heavy atom. The molecular formula is C19H19NO4. The normalized spacial score (nSPS) is 11.1. The lowest BCUT2D eigenvalue weighted by Crippen LogP contribution is -2.03. The average molecular weight is 325 g/mol. The number of phenolic OH excluding ortho intramolecular Hbond substituents is 1. The molecule has 0 fully saturated rings. The first-order valence-corrected chi connectivity index (χ1v) is 7.66. The lowest BCUT2D eigenvalue weighted by Gasteiger charge is -2.09. The van der Waals surface area contributed by atoms with Crippen molar-refractivity contribution >= 4 is 16.9 Å². The van der Waals surface area contributed by atoms with E-state index in [2.05, 4.69) is 0 Å². The zero-order valence-electron chi connectivity index (χ0n) is 13.6. The molecular weight excluding hydrogens is 306 g/mol. The topological polar surface area (TPSA) is 71.7 Å². The van der Waals surface area contributed by atoms with Gasteiger partial charge in [0.25, 0.3) is 0 Å². The Morgan fingerprint density at radius 1 is 1.21 bits per heavy atom. The van der Waals surface area contributed by atoms with Gasteiger partial charge < -0.3 is 19.5 Å². The highest BCUT2D eigenvalue weighted by molar-refractivity contribution is 6.04. The largest absolute Gasteiger partial charge is 0.508 e. The average Bonchev–Trinajstić information content (AvgIpc) is 2.91. The highest BCUT2D eigenvalue weighted by Crippen LogP contribution is 2.31. The number of aromatic hydroxyl groups is 1. The van der Waals surface area contributed by atoms with Crippen LogP contribution in [0.1, 0.15) is 15.9 Å². The molecule has 0 aliphatic carbocycles. The first-order chi connectivity index (χ1) is 11.5. The number of benzene rings is 2. The summed E-state index contributed by atoms with van der Waals surface area (Å²) in [5.74, 6) is -0.710. The van der Waals surface area contributed by atoms with Crippen LogP contribution in [0.4, 0.5) is 0 Å².